The van der Waals surface area contributed by atoms with E-state index in [0.717, 1.165) is 11.1 Å². The zero-order valence-electron chi connectivity index (χ0n) is 14.9. The first kappa shape index (κ1) is 18.7. The molecule has 5 nitrogen and oxygen atoms in total. The molecule has 0 spiro atoms. The Morgan fingerprint density at radius 3 is 2.24 bits per heavy atom. The fourth-order valence-corrected chi connectivity index (χ4v) is 2.83. The first-order chi connectivity index (χ1) is 11.9. The summed E-state index contributed by atoms with van der Waals surface area (Å²) in [5.41, 5.74) is 8.22. The topological polar surface area (TPSA) is 64.8 Å². The van der Waals surface area contributed by atoms with Crippen LogP contribution in [0.25, 0.3) is 0 Å². The number of carbonyl (C=O) groups excluding carboxylic acids is 1. The monoisotopic (exact) mass is 346 g/mol. The van der Waals surface area contributed by atoms with Crippen molar-refractivity contribution >= 4 is 5.91 Å². The van der Waals surface area contributed by atoms with Crippen LogP contribution < -0.4 is 15.2 Å². The third-order valence-electron chi connectivity index (χ3n) is 4.16. The van der Waals surface area contributed by atoms with Crippen LogP contribution in [0.1, 0.15) is 22.7 Å². The Kier molecular flexibility index (Phi) is 5.98. The van der Waals surface area contributed by atoms with Crippen molar-refractivity contribution in [1.29, 1.82) is 0 Å². The van der Waals surface area contributed by atoms with E-state index >= 15 is 0 Å². The Bertz CT molecular complexity index is 747. The third-order valence-corrected chi connectivity index (χ3v) is 4.16. The van der Waals surface area contributed by atoms with Gasteiger partial charge < -0.3 is 15.2 Å². The van der Waals surface area contributed by atoms with Crippen LogP contribution in [-0.4, -0.2) is 32.1 Å². The Balaban J connectivity index is 2.31. The lowest BCUT2D eigenvalue weighted by Gasteiger charge is -2.27. The van der Waals surface area contributed by atoms with Gasteiger partial charge in [-0.25, -0.2) is 4.39 Å². The summed E-state index contributed by atoms with van der Waals surface area (Å²) >= 11 is 0. The van der Waals surface area contributed by atoms with E-state index in [-0.39, 0.29) is 5.82 Å². The van der Waals surface area contributed by atoms with Gasteiger partial charge in [0.15, 0.2) is 11.5 Å². The lowest BCUT2D eigenvalue weighted by atomic mass is 10.0. The molecule has 0 fully saturated rings. The third kappa shape index (κ3) is 4.28. The standard InChI is InChI=1S/C19H23FN2O3/c1-12-9-16(24-3)17(25-4)10-14(12)11-22(2)18(19(21)23)13-5-7-15(20)8-6-13/h5-10,18H,11H2,1-4H3,(H2,21,23)/t18-/m1/s1. The minimum Gasteiger partial charge on any atom is -0.493 e. The van der Waals surface area contributed by atoms with Crippen molar-refractivity contribution in [1.82, 2.24) is 4.90 Å². The van der Waals surface area contributed by atoms with E-state index < -0.39 is 11.9 Å². The summed E-state index contributed by atoms with van der Waals surface area (Å²) in [7, 11) is 4.96. The average molecular weight is 346 g/mol. The highest BCUT2D eigenvalue weighted by atomic mass is 19.1. The van der Waals surface area contributed by atoms with Gasteiger partial charge in [-0.3, -0.25) is 9.69 Å². The largest absolute Gasteiger partial charge is 0.493 e. The first-order valence-corrected chi connectivity index (χ1v) is 7.84. The van der Waals surface area contributed by atoms with Crippen molar-refractivity contribution in [3.63, 3.8) is 0 Å². The summed E-state index contributed by atoms with van der Waals surface area (Å²) in [6, 6.07) is 8.90. The van der Waals surface area contributed by atoms with Crippen LogP contribution >= 0.6 is 0 Å². The van der Waals surface area contributed by atoms with Crippen LogP contribution in [0.3, 0.4) is 0 Å². The fourth-order valence-electron chi connectivity index (χ4n) is 2.83. The van der Waals surface area contributed by atoms with E-state index in [2.05, 4.69) is 0 Å². The van der Waals surface area contributed by atoms with E-state index in [1.54, 1.807) is 33.4 Å². The molecule has 2 rings (SSSR count). The quantitative estimate of drug-likeness (QED) is 0.837. The normalized spacial score (nSPS) is 12.1. The molecular formula is C19H23FN2O3. The number of ether oxygens (including phenoxy) is 2. The zero-order valence-corrected chi connectivity index (χ0v) is 14.9. The molecule has 1 amide bonds. The number of primary amides is 1. The lowest BCUT2D eigenvalue weighted by molar-refractivity contribution is -0.123. The number of rotatable bonds is 7. The second-order valence-electron chi connectivity index (χ2n) is 5.91. The number of hydrogen-bond donors (Lipinski definition) is 1. The molecule has 0 saturated carbocycles. The smallest absolute Gasteiger partial charge is 0.239 e. The Hall–Kier alpha value is -2.60. The van der Waals surface area contributed by atoms with Gasteiger partial charge in [-0.1, -0.05) is 12.1 Å². The van der Waals surface area contributed by atoms with E-state index in [9.17, 15) is 9.18 Å². The highest BCUT2D eigenvalue weighted by Crippen LogP contribution is 2.32. The summed E-state index contributed by atoms with van der Waals surface area (Å²) in [6.07, 6.45) is 0. The number of carbonyl (C=O) groups is 1. The fraction of sp³-hybridized carbons (Fsp3) is 0.316. The van der Waals surface area contributed by atoms with Gasteiger partial charge in [0.1, 0.15) is 11.9 Å². The van der Waals surface area contributed by atoms with Crippen LogP contribution in [0.5, 0.6) is 11.5 Å². The minimum atomic E-state index is -0.659. The molecule has 0 aliphatic carbocycles. The summed E-state index contributed by atoms with van der Waals surface area (Å²) in [5.74, 6) is 0.419. The van der Waals surface area contributed by atoms with Crippen LogP contribution in [0.15, 0.2) is 36.4 Å². The maximum Gasteiger partial charge on any atom is 0.239 e. The van der Waals surface area contributed by atoms with Crippen LogP contribution in [0.2, 0.25) is 0 Å². The van der Waals surface area contributed by atoms with E-state index in [4.69, 9.17) is 15.2 Å². The van der Waals surface area contributed by atoms with Gasteiger partial charge in [-0.2, -0.15) is 0 Å². The lowest BCUT2D eigenvalue weighted by Crippen LogP contribution is -2.35. The minimum absolute atomic E-state index is 0.356. The Morgan fingerprint density at radius 2 is 1.72 bits per heavy atom. The number of nitrogens with zero attached hydrogens (tertiary/aromatic N) is 1. The molecule has 0 unspecified atom stereocenters. The van der Waals surface area contributed by atoms with Crippen molar-refractivity contribution in [2.24, 2.45) is 5.73 Å². The van der Waals surface area contributed by atoms with Crippen molar-refractivity contribution in [2.75, 3.05) is 21.3 Å². The van der Waals surface area contributed by atoms with Gasteiger partial charge >= 0.3 is 0 Å². The molecule has 0 bridgehead atoms. The zero-order chi connectivity index (χ0) is 18.6. The molecule has 6 heteroatoms. The number of halogens is 1. The van der Waals surface area contributed by atoms with Gasteiger partial charge in [0, 0.05) is 6.54 Å². The van der Waals surface area contributed by atoms with Gasteiger partial charge in [-0.05, 0) is 54.9 Å². The second-order valence-corrected chi connectivity index (χ2v) is 5.91. The maximum atomic E-state index is 13.2. The van der Waals surface area contributed by atoms with E-state index in [1.807, 2.05) is 24.0 Å². The summed E-state index contributed by atoms with van der Waals surface area (Å²) in [5, 5.41) is 0. The number of likely N-dealkylation sites (N-methyl/N-ethyl adjacent to an activating group) is 1. The van der Waals surface area contributed by atoms with Crippen LogP contribution in [-0.2, 0) is 11.3 Å². The molecule has 2 aromatic rings. The molecule has 0 heterocycles. The summed E-state index contributed by atoms with van der Waals surface area (Å²) in [6.45, 7) is 2.43. The molecule has 2 N–H and O–H groups in total. The summed E-state index contributed by atoms with van der Waals surface area (Å²) in [4.78, 5) is 13.8. The summed E-state index contributed by atoms with van der Waals surface area (Å²) < 4.78 is 23.8. The number of aryl methyl sites for hydroxylation is 1. The molecule has 0 saturated heterocycles. The molecule has 134 valence electrons. The second kappa shape index (κ2) is 7.98. The molecule has 0 radical (unpaired) electrons. The van der Waals surface area contributed by atoms with E-state index in [1.165, 1.54) is 12.1 Å². The van der Waals surface area contributed by atoms with Crippen molar-refractivity contribution in [3.8, 4) is 11.5 Å². The molecule has 25 heavy (non-hydrogen) atoms. The van der Waals surface area contributed by atoms with Crippen LogP contribution in [0.4, 0.5) is 4.39 Å². The van der Waals surface area contributed by atoms with Gasteiger partial charge in [0.05, 0.1) is 14.2 Å². The molecule has 2 aromatic carbocycles. The van der Waals surface area contributed by atoms with Crippen molar-refractivity contribution < 1.29 is 18.7 Å². The molecule has 1 atom stereocenters. The first-order valence-electron chi connectivity index (χ1n) is 7.84. The molecule has 0 aliphatic heterocycles. The number of nitrogens with two attached hydrogens (primary N) is 1. The Labute approximate surface area is 147 Å². The predicted molar refractivity (Wildman–Crippen MR) is 94.1 cm³/mol. The molecule has 0 aromatic heterocycles. The van der Waals surface area contributed by atoms with Crippen molar-refractivity contribution in [3.05, 3.63) is 58.9 Å². The predicted octanol–water partition coefficient (Wildman–Crippen LogP) is 2.81. The van der Waals surface area contributed by atoms with Crippen molar-refractivity contribution in [2.45, 2.75) is 19.5 Å². The Morgan fingerprint density at radius 1 is 1.16 bits per heavy atom. The highest BCUT2D eigenvalue weighted by Gasteiger charge is 2.24. The molecule has 0 aliphatic rings. The molecular weight excluding hydrogens is 323 g/mol. The average Bonchev–Trinajstić information content (AvgIpc) is 2.57. The highest BCUT2D eigenvalue weighted by molar-refractivity contribution is 5.81. The van der Waals surface area contributed by atoms with E-state index in [0.29, 0.717) is 23.6 Å². The maximum absolute atomic E-state index is 13.2. The number of methoxy groups -OCH3 is 2. The number of hydrogen-bond acceptors (Lipinski definition) is 4. The number of amides is 1. The van der Waals surface area contributed by atoms with Gasteiger partial charge in [-0.15, -0.1) is 0 Å². The van der Waals surface area contributed by atoms with Gasteiger partial charge in [0.25, 0.3) is 0 Å². The SMILES string of the molecule is COc1cc(C)c(CN(C)[C@@H](C(N)=O)c2ccc(F)cc2)cc1OC. The van der Waals surface area contributed by atoms with Gasteiger partial charge in [0.2, 0.25) is 5.91 Å². The van der Waals surface area contributed by atoms with Crippen LogP contribution in [0, 0.1) is 12.7 Å². The number of benzene rings is 2.